The van der Waals surface area contributed by atoms with Gasteiger partial charge in [-0.2, -0.15) is 4.98 Å². The van der Waals surface area contributed by atoms with Gasteiger partial charge >= 0.3 is 0 Å². The van der Waals surface area contributed by atoms with E-state index in [-0.39, 0.29) is 0 Å². The Bertz CT molecular complexity index is 465. The van der Waals surface area contributed by atoms with Crippen molar-refractivity contribution in [3.05, 3.63) is 23.4 Å². The number of rotatable bonds is 3. The Balaban J connectivity index is 2.30. The number of halogens is 1. The summed E-state index contributed by atoms with van der Waals surface area (Å²) in [5, 5.41) is 8.14. The average Bonchev–Trinajstić information content (AvgIpc) is 2.59. The minimum Gasteiger partial charge on any atom is -0.350 e. The zero-order valence-corrected chi connectivity index (χ0v) is 9.49. The second-order valence-electron chi connectivity index (χ2n) is 3.54. The van der Waals surface area contributed by atoms with E-state index < -0.39 is 0 Å². The van der Waals surface area contributed by atoms with Gasteiger partial charge in [-0.3, -0.25) is 0 Å². The number of aromatic nitrogens is 3. The SMILES string of the molecule is CCC(C)Nc1nc2ccc(Cl)cn2n1. The van der Waals surface area contributed by atoms with E-state index in [1.807, 2.05) is 6.07 Å². The van der Waals surface area contributed by atoms with Crippen molar-refractivity contribution >= 4 is 23.2 Å². The van der Waals surface area contributed by atoms with Gasteiger partial charge in [0.25, 0.3) is 0 Å². The van der Waals surface area contributed by atoms with Crippen LogP contribution in [0.3, 0.4) is 0 Å². The number of fused-ring (bicyclic) bond motifs is 1. The van der Waals surface area contributed by atoms with Crippen LogP contribution in [-0.2, 0) is 0 Å². The van der Waals surface area contributed by atoms with Crippen LogP contribution in [0.4, 0.5) is 5.95 Å². The summed E-state index contributed by atoms with van der Waals surface area (Å²) in [5.41, 5.74) is 0.796. The van der Waals surface area contributed by atoms with Crippen LogP contribution in [-0.4, -0.2) is 20.6 Å². The third-order valence-corrected chi connectivity index (χ3v) is 2.51. The summed E-state index contributed by atoms with van der Waals surface area (Å²) in [7, 11) is 0. The van der Waals surface area contributed by atoms with Crippen LogP contribution in [0.1, 0.15) is 20.3 Å². The Kier molecular flexibility index (Phi) is 2.77. The predicted octanol–water partition coefficient (Wildman–Crippen LogP) is 2.59. The molecular weight excluding hydrogens is 212 g/mol. The molecule has 0 aliphatic heterocycles. The lowest BCUT2D eigenvalue weighted by molar-refractivity contribution is 0.751. The first-order valence-electron chi connectivity index (χ1n) is 4.97. The molecule has 2 rings (SSSR count). The molecule has 0 saturated heterocycles. The molecular formula is C10H13ClN4. The van der Waals surface area contributed by atoms with E-state index in [2.05, 4.69) is 29.2 Å². The highest BCUT2D eigenvalue weighted by atomic mass is 35.5. The minimum atomic E-state index is 0.373. The molecule has 2 aromatic heterocycles. The molecule has 0 aliphatic rings. The summed E-state index contributed by atoms with van der Waals surface area (Å²) in [6.07, 6.45) is 2.78. The quantitative estimate of drug-likeness (QED) is 0.872. The van der Waals surface area contributed by atoms with E-state index in [4.69, 9.17) is 11.6 Å². The van der Waals surface area contributed by atoms with Gasteiger partial charge in [-0.1, -0.05) is 18.5 Å². The van der Waals surface area contributed by atoms with Crippen LogP contribution < -0.4 is 5.32 Å². The fourth-order valence-corrected chi connectivity index (χ4v) is 1.40. The van der Waals surface area contributed by atoms with Crippen molar-refractivity contribution in [1.29, 1.82) is 0 Å². The van der Waals surface area contributed by atoms with Gasteiger partial charge in [0.05, 0.1) is 5.02 Å². The second kappa shape index (κ2) is 4.06. The van der Waals surface area contributed by atoms with Gasteiger partial charge in [0, 0.05) is 12.2 Å². The van der Waals surface area contributed by atoms with Crippen LogP contribution in [0.5, 0.6) is 0 Å². The Hall–Kier alpha value is -1.29. The van der Waals surface area contributed by atoms with Gasteiger partial charge in [-0.05, 0) is 25.5 Å². The summed E-state index contributed by atoms with van der Waals surface area (Å²) in [4.78, 5) is 4.32. The van der Waals surface area contributed by atoms with Gasteiger partial charge in [0.1, 0.15) is 0 Å². The molecule has 0 saturated carbocycles. The Morgan fingerprint density at radius 3 is 3.07 bits per heavy atom. The number of anilines is 1. The molecule has 15 heavy (non-hydrogen) atoms. The molecule has 5 heteroatoms. The third kappa shape index (κ3) is 2.21. The average molecular weight is 225 g/mol. The Morgan fingerprint density at radius 1 is 1.53 bits per heavy atom. The van der Waals surface area contributed by atoms with Gasteiger partial charge in [-0.25, -0.2) is 4.52 Å². The zero-order chi connectivity index (χ0) is 10.8. The first-order valence-corrected chi connectivity index (χ1v) is 5.35. The smallest absolute Gasteiger partial charge is 0.243 e. The molecule has 0 aliphatic carbocycles. The zero-order valence-electron chi connectivity index (χ0n) is 8.74. The fraction of sp³-hybridized carbons (Fsp3) is 0.400. The maximum absolute atomic E-state index is 5.85. The summed E-state index contributed by atoms with van der Waals surface area (Å²) in [6.45, 7) is 4.21. The summed E-state index contributed by atoms with van der Waals surface area (Å²) in [5.74, 6) is 0.645. The maximum atomic E-state index is 5.85. The molecule has 0 bridgehead atoms. The monoisotopic (exact) mass is 224 g/mol. The first-order chi connectivity index (χ1) is 7.19. The fourth-order valence-electron chi connectivity index (χ4n) is 1.24. The molecule has 0 spiro atoms. The van der Waals surface area contributed by atoms with Gasteiger partial charge in [0.2, 0.25) is 5.95 Å². The molecule has 4 nitrogen and oxygen atoms in total. The van der Waals surface area contributed by atoms with Crippen molar-refractivity contribution < 1.29 is 0 Å². The molecule has 2 aromatic rings. The highest BCUT2D eigenvalue weighted by Gasteiger charge is 2.05. The molecule has 1 N–H and O–H groups in total. The number of pyridine rings is 1. The van der Waals surface area contributed by atoms with Crippen molar-refractivity contribution in [2.45, 2.75) is 26.3 Å². The summed E-state index contributed by atoms with van der Waals surface area (Å²) in [6, 6.07) is 4.02. The van der Waals surface area contributed by atoms with E-state index in [1.165, 1.54) is 0 Å². The summed E-state index contributed by atoms with van der Waals surface area (Å²) < 4.78 is 1.67. The van der Waals surface area contributed by atoms with Gasteiger partial charge < -0.3 is 5.32 Å². The van der Waals surface area contributed by atoms with Gasteiger partial charge in [-0.15, -0.1) is 5.10 Å². The van der Waals surface area contributed by atoms with E-state index in [0.29, 0.717) is 17.0 Å². The van der Waals surface area contributed by atoms with Crippen LogP contribution in [0.25, 0.3) is 5.65 Å². The first kappa shape index (κ1) is 10.2. The van der Waals surface area contributed by atoms with E-state index in [0.717, 1.165) is 12.1 Å². The lowest BCUT2D eigenvalue weighted by Crippen LogP contribution is -2.14. The van der Waals surface area contributed by atoms with Gasteiger partial charge in [0.15, 0.2) is 5.65 Å². The van der Waals surface area contributed by atoms with Crippen molar-refractivity contribution in [2.24, 2.45) is 0 Å². The Morgan fingerprint density at radius 2 is 2.33 bits per heavy atom. The van der Waals surface area contributed by atoms with Crippen LogP contribution in [0.2, 0.25) is 5.02 Å². The third-order valence-electron chi connectivity index (χ3n) is 2.28. The number of hydrogen-bond acceptors (Lipinski definition) is 3. The highest BCUT2D eigenvalue weighted by Crippen LogP contribution is 2.12. The van der Waals surface area contributed by atoms with E-state index in [9.17, 15) is 0 Å². The van der Waals surface area contributed by atoms with Crippen molar-refractivity contribution in [1.82, 2.24) is 14.6 Å². The molecule has 0 aromatic carbocycles. The molecule has 0 amide bonds. The lowest BCUT2D eigenvalue weighted by Gasteiger charge is -2.07. The second-order valence-corrected chi connectivity index (χ2v) is 3.98. The number of nitrogens with one attached hydrogen (secondary N) is 1. The number of hydrogen-bond donors (Lipinski definition) is 1. The standard InChI is InChI=1S/C10H13ClN4/c1-3-7(2)12-10-13-9-5-4-8(11)6-15(9)14-10/h4-7H,3H2,1-2H3,(H,12,14). The minimum absolute atomic E-state index is 0.373. The van der Waals surface area contributed by atoms with Crippen molar-refractivity contribution in [3.8, 4) is 0 Å². The molecule has 0 radical (unpaired) electrons. The maximum Gasteiger partial charge on any atom is 0.243 e. The van der Waals surface area contributed by atoms with Crippen LogP contribution in [0, 0.1) is 0 Å². The van der Waals surface area contributed by atoms with E-state index >= 15 is 0 Å². The normalized spacial score (nSPS) is 13.0. The molecule has 80 valence electrons. The number of nitrogens with zero attached hydrogens (tertiary/aromatic N) is 3. The van der Waals surface area contributed by atoms with Crippen LogP contribution >= 0.6 is 11.6 Å². The molecule has 0 fully saturated rings. The molecule has 1 atom stereocenters. The van der Waals surface area contributed by atoms with Crippen LogP contribution in [0.15, 0.2) is 18.3 Å². The highest BCUT2D eigenvalue weighted by molar-refractivity contribution is 6.30. The molecule has 2 heterocycles. The lowest BCUT2D eigenvalue weighted by atomic mass is 10.3. The Labute approximate surface area is 93.3 Å². The van der Waals surface area contributed by atoms with Crippen molar-refractivity contribution in [3.63, 3.8) is 0 Å². The van der Waals surface area contributed by atoms with Crippen molar-refractivity contribution in [2.75, 3.05) is 5.32 Å². The predicted molar refractivity (Wildman–Crippen MR) is 61.4 cm³/mol. The topological polar surface area (TPSA) is 42.2 Å². The molecule has 1 unspecified atom stereocenters. The summed E-state index contributed by atoms with van der Waals surface area (Å²) >= 11 is 5.85. The largest absolute Gasteiger partial charge is 0.350 e. The van der Waals surface area contributed by atoms with E-state index in [1.54, 1.807) is 16.8 Å².